The second-order valence-electron chi connectivity index (χ2n) is 4.73. The Balaban J connectivity index is 2.09. The van der Waals surface area contributed by atoms with Crippen LogP contribution >= 0.6 is 11.6 Å². The fraction of sp³-hybridized carbons (Fsp3) is 0.533. The van der Waals surface area contributed by atoms with Crippen LogP contribution in [0.1, 0.15) is 32.3 Å². The Labute approximate surface area is 114 Å². The van der Waals surface area contributed by atoms with Crippen molar-refractivity contribution in [1.29, 1.82) is 0 Å². The standard InChI is InChI=1S/C15H20ClO2/c1-4-15(5-2)17-11(3)14(18-15)10-12-8-6-7-9-13(12)16/h6-9,11,14H,3-5,10H2,1-2H3/t11-,14-/m1/s1. The van der Waals surface area contributed by atoms with Crippen molar-refractivity contribution in [2.45, 2.75) is 51.1 Å². The minimum absolute atomic E-state index is 0.0233. The zero-order valence-electron chi connectivity index (χ0n) is 11.0. The van der Waals surface area contributed by atoms with Gasteiger partial charge in [0.05, 0.1) is 12.2 Å². The first-order valence-electron chi connectivity index (χ1n) is 6.52. The molecule has 2 nitrogen and oxygen atoms in total. The quantitative estimate of drug-likeness (QED) is 0.820. The SMILES string of the molecule is [CH2][C@H]1OC(CC)(CC)O[C@@H]1Cc1ccccc1Cl. The predicted molar refractivity (Wildman–Crippen MR) is 73.6 cm³/mol. The molecule has 0 bridgehead atoms. The van der Waals surface area contributed by atoms with E-state index >= 15 is 0 Å². The summed E-state index contributed by atoms with van der Waals surface area (Å²) in [7, 11) is 0. The highest BCUT2D eigenvalue weighted by molar-refractivity contribution is 6.31. The van der Waals surface area contributed by atoms with Crippen LogP contribution in [0.25, 0.3) is 0 Å². The molecule has 3 heteroatoms. The van der Waals surface area contributed by atoms with E-state index in [2.05, 4.69) is 20.8 Å². The molecule has 99 valence electrons. The first kappa shape index (κ1) is 13.9. The maximum Gasteiger partial charge on any atom is 0.168 e. The van der Waals surface area contributed by atoms with E-state index in [4.69, 9.17) is 21.1 Å². The Hall–Kier alpha value is -0.570. The van der Waals surface area contributed by atoms with Crippen LogP contribution in [-0.2, 0) is 15.9 Å². The topological polar surface area (TPSA) is 18.5 Å². The number of hydrogen-bond donors (Lipinski definition) is 0. The molecule has 0 aliphatic carbocycles. The lowest BCUT2D eigenvalue weighted by atomic mass is 10.0. The fourth-order valence-corrected chi connectivity index (χ4v) is 2.58. The van der Waals surface area contributed by atoms with Gasteiger partial charge in [0, 0.05) is 11.4 Å². The van der Waals surface area contributed by atoms with E-state index in [0.717, 1.165) is 29.8 Å². The predicted octanol–water partition coefficient (Wildman–Crippen LogP) is 4.02. The molecular formula is C15H20ClO2. The summed E-state index contributed by atoms with van der Waals surface area (Å²) in [5, 5.41) is 0.777. The van der Waals surface area contributed by atoms with Gasteiger partial charge < -0.3 is 9.47 Å². The Kier molecular flexibility index (Phi) is 4.31. The van der Waals surface area contributed by atoms with Crippen LogP contribution in [0.5, 0.6) is 0 Å². The van der Waals surface area contributed by atoms with Gasteiger partial charge in [-0.1, -0.05) is 43.6 Å². The normalized spacial score (nSPS) is 26.4. The maximum absolute atomic E-state index is 6.17. The molecule has 0 aromatic heterocycles. The van der Waals surface area contributed by atoms with Crippen LogP contribution < -0.4 is 0 Å². The molecule has 1 fully saturated rings. The Morgan fingerprint density at radius 2 is 1.89 bits per heavy atom. The Morgan fingerprint density at radius 3 is 2.44 bits per heavy atom. The highest BCUT2D eigenvalue weighted by Crippen LogP contribution is 2.36. The third-order valence-electron chi connectivity index (χ3n) is 3.60. The van der Waals surface area contributed by atoms with Crippen molar-refractivity contribution in [2.24, 2.45) is 0 Å². The molecule has 1 heterocycles. The van der Waals surface area contributed by atoms with Gasteiger partial charge in [-0.2, -0.15) is 0 Å². The van der Waals surface area contributed by atoms with E-state index in [-0.39, 0.29) is 12.2 Å². The second-order valence-corrected chi connectivity index (χ2v) is 5.13. The average Bonchev–Trinajstić information content (AvgIpc) is 2.70. The van der Waals surface area contributed by atoms with Crippen LogP contribution in [-0.4, -0.2) is 18.0 Å². The van der Waals surface area contributed by atoms with Crippen LogP contribution in [0.4, 0.5) is 0 Å². The van der Waals surface area contributed by atoms with Crippen molar-refractivity contribution in [3.63, 3.8) is 0 Å². The first-order valence-corrected chi connectivity index (χ1v) is 6.90. The molecule has 2 rings (SSSR count). The van der Waals surface area contributed by atoms with Gasteiger partial charge in [-0.3, -0.25) is 0 Å². The van der Waals surface area contributed by atoms with Gasteiger partial charge in [0.1, 0.15) is 0 Å². The third-order valence-corrected chi connectivity index (χ3v) is 3.97. The molecule has 0 N–H and O–H groups in total. The highest BCUT2D eigenvalue weighted by Gasteiger charge is 2.43. The summed E-state index contributed by atoms with van der Waals surface area (Å²) in [6.45, 7) is 8.20. The largest absolute Gasteiger partial charge is 0.344 e. The molecule has 1 radical (unpaired) electrons. The number of halogens is 1. The van der Waals surface area contributed by atoms with Crippen molar-refractivity contribution in [1.82, 2.24) is 0 Å². The molecule has 0 spiro atoms. The Bertz CT molecular complexity index is 401. The maximum atomic E-state index is 6.17. The van der Waals surface area contributed by atoms with Gasteiger partial charge in [-0.05, 0) is 31.4 Å². The molecule has 1 aromatic rings. The van der Waals surface area contributed by atoms with Crippen LogP contribution in [0.15, 0.2) is 24.3 Å². The number of ether oxygens (including phenoxy) is 2. The lowest BCUT2D eigenvalue weighted by molar-refractivity contribution is -0.176. The lowest BCUT2D eigenvalue weighted by Gasteiger charge is -2.25. The third kappa shape index (κ3) is 2.71. The molecule has 2 atom stereocenters. The molecule has 0 unspecified atom stereocenters. The van der Waals surface area contributed by atoms with Crippen LogP contribution in [0.3, 0.4) is 0 Å². The highest BCUT2D eigenvalue weighted by atomic mass is 35.5. The van der Waals surface area contributed by atoms with Crippen LogP contribution in [0, 0.1) is 6.92 Å². The van der Waals surface area contributed by atoms with Crippen molar-refractivity contribution in [2.75, 3.05) is 0 Å². The summed E-state index contributed by atoms with van der Waals surface area (Å²) in [6, 6.07) is 7.85. The monoisotopic (exact) mass is 267 g/mol. The van der Waals surface area contributed by atoms with Crippen molar-refractivity contribution >= 4 is 11.6 Å². The fourth-order valence-electron chi connectivity index (χ4n) is 2.37. The summed E-state index contributed by atoms with van der Waals surface area (Å²) >= 11 is 6.17. The van der Waals surface area contributed by atoms with Gasteiger partial charge in [-0.25, -0.2) is 0 Å². The van der Waals surface area contributed by atoms with E-state index in [9.17, 15) is 0 Å². The summed E-state index contributed by atoms with van der Waals surface area (Å²) in [4.78, 5) is 0. The average molecular weight is 268 g/mol. The van der Waals surface area contributed by atoms with E-state index in [0.29, 0.717) is 0 Å². The Morgan fingerprint density at radius 1 is 1.22 bits per heavy atom. The molecular weight excluding hydrogens is 248 g/mol. The van der Waals surface area contributed by atoms with E-state index in [1.54, 1.807) is 0 Å². The van der Waals surface area contributed by atoms with Gasteiger partial charge in [0.2, 0.25) is 0 Å². The van der Waals surface area contributed by atoms with Gasteiger partial charge >= 0.3 is 0 Å². The zero-order chi connectivity index (χ0) is 13.2. The van der Waals surface area contributed by atoms with Crippen LogP contribution in [0.2, 0.25) is 5.02 Å². The van der Waals surface area contributed by atoms with Gasteiger partial charge in [0.25, 0.3) is 0 Å². The molecule has 1 saturated heterocycles. The lowest BCUT2D eigenvalue weighted by Crippen LogP contribution is -2.29. The van der Waals surface area contributed by atoms with Gasteiger partial charge in [0.15, 0.2) is 5.79 Å². The van der Waals surface area contributed by atoms with E-state index in [1.165, 1.54) is 0 Å². The summed E-state index contributed by atoms with van der Waals surface area (Å²) in [5.74, 6) is -0.460. The second kappa shape index (κ2) is 5.60. The summed E-state index contributed by atoms with van der Waals surface area (Å²) in [5.41, 5.74) is 1.09. The van der Waals surface area contributed by atoms with E-state index in [1.807, 2.05) is 24.3 Å². The van der Waals surface area contributed by atoms with Crippen molar-refractivity contribution in [3.05, 3.63) is 41.8 Å². The summed E-state index contributed by atoms with van der Waals surface area (Å²) in [6.07, 6.45) is 2.27. The zero-order valence-corrected chi connectivity index (χ0v) is 11.7. The van der Waals surface area contributed by atoms with Crippen molar-refractivity contribution in [3.8, 4) is 0 Å². The summed E-state index contributed by atoms with van der Waals surface area (Å²) < 4.78 is 12.0. The molecule has 0 saturated carbocycles. The molecule has 1 aliphatic heterocycles. The number of rotatable bonds is 4. The molecule has 1 aromatic carbocycles. The minimum Gasteiger partial charge on any atom is -0.344 e. The van der Waals surface area contributed by atoms with Crippen molar-refractivity contribution < 1.29 is 9.47 Å². The molecule has 0 amide bonds. The first-order chi connectivity index (χ1) is 8.60. The molecule has 1 aliphatic rings. The molecule has 18 heavy (non-hydrogen) atoms. The van der Waals surface area contributed by atoms with Gasteiger partial charge in [-0.15, -0.1) is 0 Å². The minimum atomic E-state index is -0.460. The van der Waals surface area contributed by atoms with E-state index < -0.39 is 5.79 Å². The smallest absolute Gasteiger partial charge is 0.168 e. The number of benzene rings is 1. The number of hydrogen-bond acceptors (Lipinski definition) is 2.